The summed E-state index contributed by atoms with van der Waals surface area (Å²) in [5.41, 5.74) is 0. The third-order valence-electron chi connectivity index (χ3n) is 2.41. The van der Waals surface area contributed by atoms with Gasteiger partial charge in [0.05, 0.1) is 0 Å². The molecule has 0 atom stereocenters. The van der Waals surface area contributed by atoms with Gasteiger partial charge in [-0.05, 0) is 25.9 Å². The topological polar surface area (TPSA) is 12.0 Å². The van der Waals surface area contributed by atoms with Crippen molar-refractivity contribution in [3.8, 4) is 0 Å². The Morgan fingerprint density at radius 1 is 0.643 bits per heavy atom. The maximum Gasteiger partial charge on any atom is 0 e. The molecule has 91 valence electrons. The largest absolute Gasteiger partial charge is 0.317 e. The first-order valence-corrected chi connectivity index (χ1v) is 6.12. The van der Waals surface area contributed by atoms with Crippen molar-refractivity contribution in [2.75, 3.05) is 13.1 Å². The molecule has 0 unspecified atom stereocenters. The van der Waals surface area contributed by atoms with Gasteiger partial charge in [-0.3, -0.25) is 0 Å². The predicted molar refractivity (Wildman–Crippen MR) is 61.2 cm³/mol. The standard InChI is InChI=1S/C12H27N.Cu/c1-3-5-7-9-11-13-12-10-8-6-4-2;/h13H,3-12H2,1-2H3;. The molecule has 0 heterocycles. The maximum atomic E-state index is 3.50. The summed E-state index contributed by atoms with van der Waals surface area (Å²) >= 11 is 0. The molecule has 1 N–H and O–H groups in total. The SMILES string of the molecule is CCCCCCNCCCCCC.[Cu]. The molecule has 0 bridgehead atoms. The van der Waals surface area contributed by atoms with Crippen LogP contribution in [0.3, 0.4) is 0 Å². The predicted octanol–water partition coefficient (Wildman–Crippen LogP) is 3.73. The van der Waals surface area contributed by atoms with Crippen LogP contribution < -0.4 is 5.32 Å². The summed E-state index contributed by atoms with van der Waals surface area (Å²) < 4.78 is 0. The molecule has 0 spiro atoms. The Balaban J connectivity index is 0. The van der Waals surface area contributed by atoms with Crippen molar-refractivity contribution in [2.24, 2.45) is 0 Å². The summed E-state index contributed by atoms with van der Waals surface area (Å²) in [6.45, 7) is 6.98. The van der Waals surface area contributed by atoms with Gasteiger partial charge in [0.1, 0.15) is 0 Å². The van der Waals surface area contributed by atoms with E-state index in [0.29, 0.717) is 0 Å². The molecule has 0 amide bonds. The summed E-state index contributed by atoms with van der Waals surface area (Å²) in [7, 11) is 0. The van der Waals surface area contributed by atoms with Crippen LogP contribution in [0.25, 0.3) is 0 Å². The minimum atomic E-state index is 0. The number of nitrogens with one attached hydrogen (secondary N) is 1. The summed E-state index contributed by atoms with van der Waals surface area (Å²) in [6.07, 6.45) is 11.0. The second kappa shape index (κ2) is 15.9. The molecule has 2 heteroatoms. The van der Waals surface area contributed by atoms with Crippen LogP contribution in [0.5, 0.6) is 0 Å². The Morgan fingerprint density at radius 2 is 1.07 bits per heavy atom. The number of unbranched alkanes of at least 4 members (excludes halogenated alkanes) is 6. The van der Waals surface area contributed by atoms with Gasteiger partial charge in [-0.25, -0.2) is 0 Å². The van der Waals surface area contributed by atoms with E-state index >= 15 is 0 Å². The van der Waals surface area contributed by atoms with E-state index in [0.717, 1.165) is 0 Å². The molecule has 0 rings (SSSR count). The minimum absolute atomic E-state index is 0. The fraction of sp³-hybridized carbons (Fsp3) is 1.00. The average Bonchev–Trinajstić information content (AvgIpc) is 2.16. The van der Waals surface area contributed by atoms with Gasteiger partial charge in [0.15, 0.2) is 0 Å². The van der Waals surface area contributed by atoms with Crippen molar-refractivity contribution in [1.82, 2.24) is 5.32 Å². The van der Waals surface area contributed by atoms with Crippen LogP contribution in [0.2, 0.25) is 0 Å². The van der Waals surface area contributed by atoms with Gasteiger partial charge < -0.3 is 5.32 Å². The number of rotatable bonds is 10. The van der Waals surface area contributed by atoms with Crippen LogP contribution in [-0.4, -0.2) is 13.1 Å². The van der Waals surface area contributed by atoms with Gasteiger partial charge in [-0.2, -0.15) is 0 Å². The molecule has 14 heavy (non-hydrogen) atoms. The molecule has 0 saturated heterocycles. The summed E-state index contributed by atoms with van der Waals surface area (Å²) in [5.74, 6) is 0. The smallest absolute Gasteiger partial charge is 0 e. The zero-order valence-corrected chi connectivity index (χ0v) is 10.8. The van der Waals surface area contributed by atoms with E-state index in [9.17, 15) is 0 Å². The van der Waals surface area contributed by atoms with E-state index in [2.05, 4.69) is 19.2 Å². The van der Waals surface area contributed by atoms with Crippen LogP contribution in [0.4, 0.5) is 0 Å². The van der Waals surface area contributed by atoms with Gasteiger partial charge in [-0.15, -0.1) is 0 Å². The van der Waals surface area contributed by atoms with Gasteiger partial charge in [0, 0.05) is 17.1 Å². The molecule has 0 fully saturated rings. The summed E-state index contributed by atoms with van der Waals surface area (Å²) in [6, 6.07) is 0. The van der Waals surface area contributed by atoms with E-state index in [4.69, 9.17) is 0 Å². The monoisotopic (exact) mass is 248 g/mol. The molecule has 0 aromatic rings. The van der Waals surface area contributed by atoms with Crippen LogP contribution in [0.15, 0.2) is 0 Å². The molecular formula is C12H27CuN. The third-order valence-corrected chi connectivity index (χ3v) is 2.41. The Hall–Kier alpha value is 0.479. The van der Waals surface area contributed by atoms with Crippen LogP contribution in [0.1, 0.15) is 65.2 Å². The van der Waals surface area contributed by atoms with Crippen LogP contribution in [-0.2, 0) is 17.1 Å². The third kappa shape index (κ3) is 15.0. The van der Waals surface area contributed by atoms with E-state index in [-0.39, 0.29) is 17.1 Å². The van der Waals surface area contributed by atoms with Crippen LogP contribution >= 0.6 is 0 Å². The molecule has 0 aliphatic heterocycles. The van der Waals surface area contributed by atoms with Crippen molar-refractivity contribution in [1.29, 1.82) is 0 Å². The van der Waals surface area contributed by atoms with Gasteiger partial charge in [0.2, 0.25) is 0 Å². The molecule has 1 radical (unpaired) electrons. The Bertz CT molecular complexity index is 76.4. The molecule has 0 aliphatic rings. The fourth-order valence-corrected chi connectivity index (χ4v) is 1.48. The van der Waals surface area contributed by atoms with E-state index in [1.165, 1.54) is 64.5 Å². The van der Waals surface area contributed by atoms with Crippen molar-refractivity contribution in [3.63, 3.8) is 0 Å². The first-order chi connectivity index (χ1) is 6.41. The van der Waals surface area contributed by atoms with Crippen molar-refractivity contribution in [3.05, 3.63) is 0 Å². The maximum absolute atomic E-state index is 3.50. The summed E-state index contributed by atoms with van der Waals surface area (Å²) in [5, 5.41) is 3.50. The fourth-order valence-electron chi connectivity index (χ4n) is 1.48. The molecule has 0 saturated carbocycles. The quantitative estimate of drug-likeness (QED) is 0.459. The molecule has 0 aromatic carbocycles. The Morgan fingerprint density at radius 3 is 1.43 bits per heavy atom. The van der Waals surface area contributed by atoms with E-state index in [1.807, 2.05) is 0 Å². The Kier molecular flexibility index (Phi) is 19.2. The summed E-state index contributed by atoms with van der Waals surface area (Å²) in [4.78, 5) is 0. The van der Waals surface area contributed by atoms with Crippen molar-refractivity contribution in [2.45, 2.75) is 65.2 Å². The zero-order chi connectivity index (χ0) is 9.78. The Labute approximate surface area is 101 Å². The number of hydrogen-bond acceptors (Lipinski definition) is 1. The molecule has 1 nitrogen and oxygen atoms in total. The zero-order valence-electron chi connectivity index (χ0n) is 9.87. The average molecular weight is 249 g/mol. The van der Waals surface area contributed by atoms with Gasteiger partial charge in [0.25, 0.3) is 0 Å². The van der Waals surface area contributed by atoms with E-state index < -0.39 is 0 Å². The first kappa shape index (κ1) is 16.9. The normalized spacial score (nSPS) is 9.86. The molecule has 0 aliphatic carbocycles. The van der Waals surface area contributed by atoms with Crippen molar-refractivity contribution < 1.29 is 17.1 Å². The van der Waals surface area contributed by atoms with Gasteiger partial charge in [-0.1, -0.05) is 52.4 Å². The van der Waals surface area contributed by atoms with Crippen LogP contribution in [0, 0.1) is 0 Å². The minimum Gasteiger partial charge on any atom is -0.317 e. The van der Waals surface area contributed by atoms with Crippen molar-refractivity contribution >= 4 is 0 Å². The van der Waals surface area contributed by atoms with Gasteiger partial charge >= 0.3 is 0 Å². The number of hydrogen-bond donors (Lipinski definition) is 1. The molecule has 0 aromatic heterocycles. The second-order valence-corrected chi connectivity index (χ2v) is 3.87. The first-order valence-electron chi connectivity index (χ1n) is 6.12. The van der Waals surface area contributed by atoms with E-state index in [1.54, 1.807) is 0 Å². The second-order valence-electron chi connectivity index (χ2n) is 3.87. The molecular weight excluding hydrogens is 222 g/mol.